The lowest BCUT2D eigenvalue weighted by atomic mass is 10.1. The topological polar surface area (TPSA) is 93.7 Å². The molecule has 3 rings (SSSR count). The van der Waals surface area contributed by atoms with Crippen molar-refractivity contribution in [1.29, 1.82) is 0 Å². The average molecular weight is 423 g/mol. The Bertz CT molecular complexity index is 1040. The van der Waals surface area contributed by atoms with Crippen molar-refractivity contribution in [3.8, 4) is 11.5 Å². The van der Waals surface area contributed by atoms with Gasteiger partial charge < -0.3 is 19.6 Å². The van der Waals surface area contributed by atoms with E-state index in [1.165, 1.54) is 18.2 Å². The van der Waals surface area contributed by atoms with Crippen molar-refractivity contribution in [2.45, 2.75) is 5.51 Å². The predicted octanol–water partition coefficient (Wildman–Crippen LogP) is 3.89. The number of carbonyl (C=O) groups excluding carboxylic acids is 1. The molecule has 0 atom stereocenters. The molecular formula is C15H10ClF3N2O5S. The molecule has 0 aliphatic carbocycles. The van der Waals surface area contributed by atoms with E-state index in [2.05, 4.69) is 14.8 Å². The first-order valence-corrected chi connectivity index (χ1v) is 8.91. The fourth-order valence-electron chi connectivity index (χ4n) is 2.31. The molecule has 0 aromatic heterocycles. The lowest BCUT2D eigenvalue weighted by Crippen LogP contribution is -2.28. The molecule has 1 aliphatic rings. The molecule has 0 saturated carbocycles. The van der Waals surface area contributed by atoms with Crippen molar-refractivity contribution in [2.75, 3.05) is 17.7 Å². The summed E-state index contributed by atoms with van der Waals surface area (Å²) in [7, 11) is -4.81. The van der Waals surface area contributed by atoms with Crippen molar-refractivity contribution in [1.82, 2.24) is 0 Å². The standard InChI is InChI=1S/C15H10ClF3N2O5S/c1-25-12-5-11-10(6-13(12)26-27(23,24)15(17,18)19)20-9-4-7(16)2-3-8(9)14(22)21-11/h2-6,20H,1H3,(H,21,22). The number of fused-ring (bicyclic) bond motifs is 2. The van der Waals surface area contributed by atoms with Gasteiger partial charge in [0.05, 0.1) is 29.7 Å². The number of hydrogen-bond acceptors (Lipinski definition) is 6. The van der Waals surface area contributed by atoms with Crippen LogP contribution in [-0.2, 0) is 10.1 Å². The third kappa shape index (κ3) is 3.60. The SMILES string of the molecule is COc1cc2c(cc1OS(=O)(=O)C(F)(F)F)Nc1cc(Cl)ccc1C(=O)N2. The van der Waals surface area contributed by atoms with Crippen LogP contribution >= 0.6 is 11.6 Å². The molecule has 2 N–H and O–H groups in total. The lowest BCUT2D eigenvalue weighted by Gasteiger charge is -2.16. The largest absolute Gasteiger partial charge is 0.534 e. The monoisotopic (exact) mass is 422 g/mol. The van der Waals surface area contributed by atoms with E-state index in [1.54, 1.807) is 0 Å². The van der Waals surface area contributed by atoms with Gasteiger partial charge in [0.2, 0.25) is 0 Å². The van der Waals surface area contributed by atoms with Gasteiger partial charge in [-0.25, -0.2) is 0 Å². The highest BCUT2D eigenvalue weighted by atomic mass is 35.5. The predicted molar refractivity (Wildman–Crippen MR) is 91.3 cm³/mol. The smallest absolute Gasteiger partial charge is 0.493 e. The summed E-state index contributed by atoms with van der Waals surface area (Å²) in [5, 5.41) is 5.66. The maximum absolute atomic E-state index is 12.6. The first kappa shape index (κ1) is 19.1. The second-order valence-corrected chi connectivity index (χ2v) is 7.28. The molecule has 0 fully saturated rings. The maximum atomic E-state index is 12.6. The Labute approximate surface area is 156 Å². The van der Waals surface area contributed by atoms with Crippen LogP contribution < -0.4 is 19.6 Å². The van der Waals surface area contributed by atoms with Gasteiger partial charge in [-0.1, -0.05) is 11.6 Å². The molecule has 0 radical (unpaired) electrons. The second-order valence-electron chi connectivity index (χ2n) is 5.30. The van der Waals surface area contributed by atoms with E-state index < -0.39 is 27.3 Å². The van der Waals surface area contributed by atoms with E-state index in [9.17, 15) is 26.4 Å². The van der Waals surface area contributed by atoms with Gasteiger partial charge in [-0.3, -0.25) is 4.79 Å². The summed E-state index contributed by atoms with van der Waals surface area (Å²) < 4.78 is 69.5. The summed E-state index contributed by atoms with van der Waals surface area (Å²) in [4.78, 5) is 12.3. The van der Waals surface area contributed by atoms with E-state index in [1.807, 2.05) is 0 Å². The summed E-state index contributed by atoms with van der Waals surface area (Å²) in [6, 6.07) is 6.47. The number of halogens is 4. The van der Waals surface area contributed by atoms with Crippen LogP contribution in [0.2, 0.25) is 5.02 Å². The number of hydrogen-bond donors (Lipinski definition) is 2. The number of benzene rings is 2. The van der Waals surface area contributed by atoms with E-state index in [0.29, 0.717) is 5.02 Å². The molecule has 7 nitrogen and oxygen atoms in total. The molecule has 0 saturated heterocycles. The van der Waals surface area contributed by atoms with Crippen molar-refractivity contribution in [3.05, 3.63) is 40.9 Å². The molecular weight excluding hydrogens is 413 g/mol. The molecule has 2 aromatic carbocycles. The Hall–Kier alpha value is -2.66. The fraction of sp³-hybridized carbons (Fsp3) is 0.133. The van der Waals surface area contributed by atoms with Crippen LogP contribution in [0.25, 0.3) is 0 Å². The number of rotatable bonds is 3. The highest BCUT2D eigenvalue weighted by Gasteiger charge is 2.49. The van der Waals surface area contributed by atoms with Gasteiger partial charge in [-0.05, 0) is 18.2 Å². The summed E-state index contributed by atoms with van der Waals surface area (Å²) in [5.41, 5.74) is -4.90. The van der Waals surface area contributed by atoms with Gasteiger partial charge in [0.15, 0.2) is 11.5 Å². The van der Waals surface area contributed by atoms with Gasteiger partial charge >= 0.3 is 15.6 Å². The summed E-state index contributed by atoms with van der Waals surface area (Å²) >= 11 is 5.90. The number of methoxy groups -OCH3 is 1. The second kappa shape index (κ2) is 6.50. The summed E-state index contributed by atoms with van der Waals surface area (Å²) in [5.74, 6) is -1.54. The summed E-state index contributed by atoms with van der Waals surface area (Å²) in [6.07, 6.45) is 0. The van der Waals surface area contributed by atoms with Crippen molar-refractivity contribution in [3.63, 3.8) is 0 Å². The van der Waals surface area contributed by atoms with Crippen LogP contribution in [-0.4, -0.2) is 26.9 Å². The van der Waals surface area contributed by atoms with E-state index >= 15 is 0 Å². The highest BCUT2D eigenvalue weighted by Crippen LogP contribution is 2.42. The number of anilines is 3. The van der Waals surface area contributed by atoms with Crippen LogP contribution in [0, 0.1) is 0 Å². The Morgan fingerprint density at radius 2 is 1.63 bits per heavy atom. The van der Waals surface area contributed by atoms with Gasteiger partial charge in [0, 0.05) is 17.2 Å². The molecule has 144 valence electrons. The molecule has 2 aromatic rings. The number of nitrogens with one attached hydrogen (secondary N) is 2. The zero-order valence-corrected chi connectivity index (χ0v) is 14.9. The molecule has 12 heteroatoms. The average Bonchev–Trinajstić information content (AvgIpc) is 2.67. The molecule has 0 bridgehead atoms. The Balaban J connectivity index is 2.10. The van der Waals surface area contributed by atoms with Crippen LogP contribution in [0.3, 0.4) is 0 Å². The first-order chi connectivity index (χ1) is 12.5. The van der Waals surface area contributed by atoms with Gasteiger partial charge in [0.1, 0.15) is 0 Å². The van der Waals surface area contributed by atoms with Gasteiger partial charge in [0.25, 0.3) is 5.91 Å². The lowest BCUT2D eigenvalue weighted by molar-refractivity contribution is -0.0500. The number of ether oxygens (including phenoxy) is 1. The van der Waals surface area contributed by atoms with E-state index in [-0.39, 0.29) is 28.4 Å². The highest BCUT2D eigenvalue weighted by molar-refractivity contribution is 7.88. The minimum Gasteiger partial charge on any atom is -0.493 e. The third-order valence-corrected chi connectivity index (χ3v) is 4.73. The van der Waals surface area contributed by atoms with Crippen molar-refractivity contribution >= 4 is 44.7 Å². The van der Waals surface area contributed by atoms with Gasteiger partial charge in [-0.2, -0.15) is 21.6 Å². The molecule has 1 aliphatic heterocycles. The fourth-order valence-corrected chi connectivity index (χ4v) is 2.94. The quantitative estimate of drug-likeness (QED) is 0.576. The molecule has 1 amide bonds. The Morgan fingerprint density at radius 1 is 1.00 bits per heavy atom. The minimum absolute atomic E-state index is 0.0811. The number of alkyl halides is 3. The Kier molecular flexibility index (Phi) is 4.60. The third-order valence-electron chi connectivity index (χ3n) is 3.53. The van der Waals surface area contributed by atoms with E-state index in [4.69, 9.17) is 16.3 Å². The van der Waals surface area contributed by atoms with E-state index in [0.717, 1.165) is 19.2 Å². The number of carbonyl (C=O) groups is 1. The minimum atomic E-state index is -5.91. The first-order valence-electron chi connectivity index (χ1n) is 7.12. The summed E-state index contributed by atoms with van der Waals surface area (Å²) in [6.45, 7) is 0. The van der Waals surface area contributed by atoms with Crippen LogP contribution in [0.1, 0.15) is 10.4 Å². The van der Waals surface area contributed by atoms with Crippen LogP contribution in [0.15, 0.2) is 30.3 Å². The maximum Gasteiger partial charge on any atom is 0.534 e. The zero-order chi connectivity index (χ0) is 20.0. The molecule has 0 spiro atoms. The normalized spacial score (nSPS) is 13.6. The van der Waals surface area contributed by atoms with Crippen LogP contribution in [0.4, 0.5) is 30.2 Å². The van der Waals surface area contributed by atoms with Gasteiger partial charge in [-0.15, -0.1) is 0 Å². The van der Waals surface area contributed by atoms with Crippen LogP contribution in [0.5, 0.6) is 11.5 Å². The molecule has 0 unspecified atom stereocenters. The molecule has 27 heavy (non-hydrogen) atoms. The number of amides is 1. The van der Waals surface area contributed by atoms with Crippen molar-refractivity contribution < 1.29 is 35.3 Å². The zero-order valence-electron chi connectivity index (χ0n) is 13.3. The Morgan fingerprint density at radius 3 is 2.26 bits per heavy atom. The molecule has 1 heterocycles. The van der Waals surface area contributed by atoms with Crippen molar-refractivity contribution in [2.24, 2.45) is 0 Å².